The molecular formula is C40H54N4O4. The molecule has 4 aliphatic rings. The average Bonchev–Trinajstić information content (AvgIpc) is 3.84. The molecule has 2 aliphatic carbocycles. The van der Waals surface area contributed by atoms with E-state index in [1.165, 1.54) is 49.7 Å². The Morgan fingerprint density at radius 3 is 2.65 bits per heavy atom. The Bertz CT molecular complexity index is 1520. The van der Waals surface area contributed by atoms with Crippen molar-refractivity contribution in [1.82, 2.24) is 4.90 Å². The Balaban J connectivity index is 0.993. The van der Waals surface area contributed by atoms with Gasteiger partial charge in [-0.25, -0.2) is 0 Å². The van der Waals surface area contributed by atoms with E-state index in [4.69, 9.17) is 21.2 Å². The number of hydrogen-bond donors (Lipinski definition) is 4. The number of rotatable bonds is 16. The van der Waals surface area contributed by atoms with Crippen molar-refractivity contribution in [2.45, 2.75) is 120 Å². The summed E-state index contributed by atoms with van der Waals surface area (Å²) in [5.41, 5.74) is 18.5. The molecule has 0 aromatic heterocycles. The second-order valence-electron chi connectivity index (χ2n) is 14.6. The number of ketones is 1. The van der Waals surface area contributed by atoms with Crippen LogP contribution in [0.5, 0.6) is 11.5 Å². The van der Waals surface area contributed by atoms with Crippen LogP contribution in [0, 0.1) is 5.92 Å². The van der Waals surface area contributed by atoms with Gasteiger partial charge in [-0.1, -0.05) is 94.5 Å². The first-order chi connectivity index (χ1) is 23.3. The van der Waals surface area contributed by atoms with Crippen molar-refractivity contribution in [2.75, 3.05) is 13.3 Å². The predicted octanol–water partition coefficient (Wildman–Crippen LogP) is 7.09. The Kier molecular flexibility index (Phi) is 11.3. The van der Waals surface area contributed by atoms with E-state index in [1.54, 1.807) is 6.07 Å². The number of unbranched alkanes of at least 4 members (excludes halogenated alkanes) is 1. The van der Waals surface area contributed by atoms with Gasteiger partial charge in [0.25, 0.3) is 0 Å². The SMILES string of the molecule is NC(N)c1cccc(C2(C3=CN=C4CN(COc5cc(CCC(=O)C[C@H](O)CCCCC6CCCCC6)ccc5O)C=C34)CCCC2)c1. The van der Waals surface area contributed by atoms with Crippen LogP contribution in [0.3, 0.4) is 0 Å². The second-order valence-corrected chi connectivity index (χ2v) is 14.6. The number of nitrogens with two attached hydrogens (primary N) is 2. The van der Waals surface area contributed by atoms with Gasteiger partial charge >= 0.3 is 0 Å². The largest absolute Gasteiger partial charge is 0.504 e. The molecule has 0 amide bonds. The van der Waals surface area contributed by atoms with Gasteiger partial charge in [0.1, 0.15) is 5.78 Å². The highest BCUT2D eigenvalue weighted by molar-refractivity contribution is 6.10. The summed E-state index contributed by atoms with van der Waals surface area (Å²) in [6, 6.07) is 13.7. The number of phenols is 1. The van der Waals surface area contributed by atoms with E-state index < -0.39 is 12.3 Å². The molecule has 0 unspecified atom stereocenters. The number of phenolic OH excluding ortho intramolecular Hbond substituents is 1. The minimum atomic E-state index is -0.561. The molecule has 2 aliphatic heterocycles. The summed E-state index contributed by atoms with van der Waals surface area (Å²) in [4.78, 5) is 19.6. The molecule has 2 aromatic rings. The van der Waals surface area contributed by atoms with Gasteiger partial charge in [0.2, 0.25) is 0 Å². The number of hydrogen-bond acceptors (Lipinski definition) is 8. The molecule has 0 bridgehead atoms. The zero-order valence-corrected chi connectivity index (χ0v) is 28.4. The van der Waals surface area contributed by atoms with Crippen molar-refractivity contribution >= 4 is 11.5 Å². The van der Waals surface area contributed by atoms with Crippen LogP contribution in [-0.4, -0.2) is 46.0 Å². The van der Waals surface area contributed by atoms with E-state index in [9.17, 15) is 15.0 Å². The first-order valence-electron chi connectivity index (χ1n) is 18.3. The Morgan fingerprint density at radius 1 is 1.04 bits per heavy atom. The predicted molar refractivity (Wildman–Crippen MR) is 191 cm³/mol. The van der Waals surface area contributed by atoms with Gasteiger partial charge in [0.15, 0.2) is 18.2 Å². The van der Waals surface area contributed by atoms with E-state index in [2.05, 4.69) is 29.3 Å². The molecule has 48 heavy (non-hydrogen) atoms. The molecule has 258 valence electrons. The van der Waals surface area contributed by atoms with E-state index >= 15 is 0 Å². The van der Waals surface area contributed by atoms with E-state index in [-0.39, 0.29) is 30.1 Å². The molecule has 6 N–H and O–H groups in total. The third-order valence-electron chi connectivity index (χ3n) is 11.1. The highest BCUT2D eigenvalue weighted by atomic mass is 16.5. The van der Waals surface area contributed by atoms with Crippen LogP contribution < -0.4 is 16.2 Å². The fraction of sp³-hybridized carbons (Fsp3) is 0.550. The minimum Gasteiger partial charge on any atom is -0.504 e. The average molecular weight is 655 g/mol. The lowest BCUT2D eigenvalue weighted by Gasteiger charge is -2.32. The smallest absolute Gasteiger partial charge is 0.163 e. The van der Waals surface area contributed by atoms with Crippen molar-refractivity contribution < 1.29 is 19.7 Å². The number of carbonyl (C=O) groups is 1. The number of aliphatic hydroxyl groups excluding tert-OH is 1. The summed E-state index contributed by atoms with van der Waals surface area (Å²) in [5.74, 6) is 1.40. The highest BCUT2D eigenvalue weighted by Gasteiger charge is 2.44. The van der Waals surface area contributed by atoms with Crippen molar-refractivity contribution in [2.24, 2.45) is 22.4 Å². The van der Waals surface area contributed by atoms with Crippen LogP contribution in [0.4, 0.5) is 0 Å². The number of aromatic hydroxyl groups is 1. The van der Waals surface area contributed by atoms with Gasteiger partial charge < -0.3 is 31.3 Å². The maximum absolute atomic E-state index is 12.7. The molecule has 8 nitrogen and oxygen atoms in total. The first-order valence-corrected chi connectivity index (χ1v) is 18.3. The van der Waals surface area contributed by atoms with Crippen LogP contribution in [-0.2, 0) is 16.6 Å². The fourth-order valence-electron chi connectivity index (χ4n) is 8.35. The van der Waals surface area contributed by atoms with Crippen LogP contribution >= 0.6 is 0 Å². The third-order valence-corrected chi connectivity index (χ3v) is 11.1. The Labute approximate surface area is 286 Å². The lowest BCUT2D eigenvalue weighted by molar-refractivity contribution is -0.121. The number of aliphatic hydroxyl groups is 1. The standard InChI is InChI=1S/C40H54N4O4/c41-39(42)30-12-8-13-31(22-30)40(19-6-7-20-40)35-24-43-36-26-44(25-34(35)36)27-48-38-21-29(16-18-37(38)47)15-17-33(46)23-32(45)14-5-4-11-28-9-2-1-3-10-28/h8,12-13,16,18,21-22,24-25,28,32,39,45,47H,1-7,9-11,14-15,17,19-20,23,26-27,41-42H2/t32-/m1/s1. The van der Waals surface area contributed by atoms with Crippen LogP contribution in [0.15, 0.2) is 71.0 Å². The molecule has 8 heteroatoms. The quantitative estimate of drug-likeness (QED) is 0.112. The minimum absolute atomic E-state index is 0.0709. The van der Waals surface area contributed by atoms with Crippen molar-refractivity contribution in [3.8, 4) is 11.5 Å². The van der Waals surface area contributed by atoms with Gasteiger partial charge in [-0.3, -0.25) is 9.79 Å². The van der Waals surface area contributed by atoms with E-state index in [1.807, 2.05) is 24.4 Å². The molecule has 1 atom stereocenters. The first kappa shape index (κ1) is 34.4. The molecule has 2 fully saturated rings. The molecule has 0 radical (unpaired) electrons. The van der Waals surface area contributed by atoms with Crippen molar-refractivity contribution in [3.63, 3.8) is 0 Å². The monoisotopic (exact) mass is 654 g/mol. The molecule has 0 spiro atoms. The number of allylic oxidation sites excluding steroid dienone is 1. The van der Waals surface area contributed by atoms with Crippen molar-refractivity contribution in [1.29, 1.82) is 0 Å². The zero-order valence-electron chi connectivity index (χ0n) is 28.4. The lowest BCUT2D eigenvalue weighted by atomic mass is 9.70. The van der Waals surface area contributed by atoms with Crippen LogP contribution in [0.25, 0.3) is 0 Å². The summed E-state index contributed by atoms with van der Waals surface area (Å²) in [6.45, 7) is 0.903. The number of Topliss-reactive ketones (excluding diaryl/α,β-unsaturated/α-hetero) is 1. The Morgan fingerprint density at radius 2 is 1.85 bits per heavy atom. The van der Waals surface area contributed by atoms with Gasteiger partial charge in [-0.2, -0.15) is 0 Å². The number of aliphatic imine (C=N–C) groups is 1. The summed E-state index contributed by atoms with van der Waals surface area (Å²) in [5, 5.41) is 21.0. The number of benzene rings is 2. The highest BCUT2D eigenvalue weighted by Crippen LogP contribution is 2.51. The fourth-order valence-corrected chi connectivity index (χ4v) is 8.35. The van der Waals surface area contributed by atoms with Crippen LogP contribution in [0.2, 0.25) is 0 Å². The second kappa shape index (κ2) is 15.8. The topological polar surface area (TPSA) is 134 Å². The van der Waals surface area contributed by atoms with Gasteiger partial charge in [-0.15, -0.1) is 0 Å². The number of fused-ring (bicyclic) bond motifs is 1. The van der Waals surface area contributed by atoms with Crippen molar-refractivity contribution in [3.05, 3.63) is 82.7 Å². The number of carbonyl (C=O) groups excluding carboxylic acids is 1. The summed E-state index contributed by atoms with van der Waals surface area (Å²) >= 11 is 0. The van der Waals surface area contributed by atoms with Gasteiger partial charge in [-0.05, 0) is 66.0 Å². The number of nitrogens with zero attached hydrogens (tertiary/aromatic N) is 2. The number of ether oxygens (including phenoxy) is 1. The maximum atomic E-state index is 12.7. The molecule has 6 rings (SSSR count). The Hall–Kier alpha value is -3.46. The summed E-state index contributed by atoms with van der Waals surface area (Å²) in [6.07, 6.45) is 19.6. The van der Waals surface area contributed by atoms with Gasteiger partial charge in [0.05, 0.1) is 24.5 Å². The van der Waals surface area contributed by atoms with E-state index in [0.717, 1.165) is 66.9 Å². The summed E-state index contributed by atoms with van der Waals surface area (Å²) < 4.78 is 6.11. The molecule has 0 saturated heterocycles. The van der Waals surface area contributed by atoms with E-state index in [0.29, 0.717) is 31.6 Å². The van der Waals surface area contributed by atoms with Gasteiger partial charge in [0, 0.05) is 36.2 Å². The maximum Gasteiger partial charge on any atom is 0.163 e. The molecular weight excluding hydrogens is 600 g/mol. The summed E-state index contributed by atoms with van der Waals surface area (Å²) in [7, 11) is 0. The molecule has 2 aromatic carbocycles. The normalized spacial score (nSPS) is 19.7. The molecule has 2 saturated carbocycles. The lowest BCUT2D eigenvalue weighted by Crippen LogP contribution is -2.27. The zero-order chi connectivity index (χ0) is 33.5. The number of aryl methyl sites for hydroxylation is 1. The van der Waals surface area contributed by atoms with Crippen LogP contribution in [0.1, 0.15) is 119 Å². The molecule has 2 heterocycles. The third kappa shape index (κ3) is 8.21.